The highest BCUT2D eigenvalue weighted by Crippen LogP contribution is 2.30. The van der Waals surface area contributed by atoms with Crippen LogP contribution < -0.4 is 10.0 Å². The summed E-state index contributed by atoms with van der Waals surface area (Å²) in [6.45, 7) is 1.79. The van der Waals surface area contributed by atoms with Crippen molar-refractivity contribution in [2.75, 3.05) is 10.0 Å². The second kappa shape index (κ2) is 9.56. The van der Waals surface area contributed by atoms with Crippen LogP contribution in [0, 0.1) is 0 Å². The van der Waals surface area contributed by atoms with E-state index in [9.17, 15) is 26.4 Å². The van der Waals surface area contributed by atoms with Crippen LogP contribution in [0.25, 0.3) is 11.3 Å². The highest BCUT2D eigenvalue weighted by Gasteiger charge is 2.36. The second-order valence-corrected chi connectivity index (χ2v) is 9.92. The van der Waals surface area contributed by atoms with Gasteiger partial charge in [-0.15, -0.1) is 0 Å². The average Bonchev–Trinajstić information content (AvgIpc) is 3.66. The number of alkyl halides is 3. The van der Waals surface area contributed by atoms with Gasteiger partial charge in [0.2, 0.25) is 15.9 Å². The molecule has 1 fully saturated rings. The Morgan fingerprint density at radius 1 is 1.09 bits per heavy atom. The molecule has 3 aromatic heterocycles. The molecule has 1 saturated carbocycles. The predicted octanol–water partition coefficient (Wildman–Crippen LogP) is 3.99. The van der Waals surface area contributed by atoms with Crippen LogP contribution in [-0.2, 0) is 21.0 Å². The Bertz CT molecular complexity index is 1330. The van der Waals surface area contributed by atoms with Gasteiger partial charge in [0.05, 0.1) is 34.9 Å². The summed E-state index contributed by atoms with van der Waals surface area (Å²) in [5.74, 6) is -0.773. The first-order valence-electron chi connectivity index (χ1n) is 10.7. The summed E-state index contributed by atoms with van der Waals surface area (Å²) >= 11 is 0. The van der Waals surface area contributed by atoms with E-state index in [4.69, 9.17) is 0 Å². The van der Waals surface area contributed by atoms with Gasteiger partial charge in [-0.25, -0.2) is 23.4 Å². The molecule has 0 spiro atoms. The smallest absolute Gasteiger partial charge is 0.310 e. The Hall–Kier alpha value is -3.61. The molecule has 4 rings (SSSR count). The molecule has 2 N–H and O–H groups in total. The zero-order chi connectivity index (χ0) is 25.2. The monoisotopic (exact) mass is 506 g/mol. The summed E-state index contributed by atoms with van der Waals surface area (Å²) in [5, 5.41) is 2.25. The number of pyridine rings is 2. The van der Waals surface area contributed by atoms with Crippen molar-refractivity contribution in [3.8, 4) is 11.3 Å². The van der Waals surface area contributed by atoms with E-state index in [0.29, 0.717) is 36.7 Å². The molecular weight excluding hydrogens is 485 g/mol. The lowest BCUT2D eigenvalue weighted by molar-refractivity contribution is -0.141. The normalized spacial score (nSPS) is 14.9. The van der Waals surface area contributed by atoms with Crippen molar-refractivity contribution < 1.29 is 26.4 Å². The molecule has 1 aliphatic rings. The summed E-state index contributed by atoms with van der Waals surface area (Å²) < 4.78 is 65.5. The van der Waals surface area contributed by atoms with Crippen molar-refractivity contribution in [2.24, 2.45) is 0 Å². The number of hydrogen-bond donors (Lipinski definition) is 2. The van der Waals surface area contributed by atoms with Crippen LogP contribution in [0.2, 0.25) is 0 Å². The zero-order valence-electron chi connectivity index (χ0n) is 18.5. The first-order valence-corrected chi connectivity index (χ1v) is 12.3. The van der Waals surface area contributed by atoms with Crippen molar-refractivity contribution in [1.82, 2.24) is 19.9 Å². The van der Waals surface area contributed by atoms with Crippen LogP contribution in [0.15, 0.2) is 48.9 Å². The fourth-order valence-electron chi connectivity index (χ4n) is 3.31. The van der Waals surface area contributed by atoms with Gasteiger partial charge in [-0.1, -0.05) is 13.0 Å². The Morgan fingerprint density at radius 2 is 1.86 bits per heavy atom. The maximum absolute atomic E-state index is 12.9. The summed E-state index contributed by atoms with van der Waals surface area (Å²) in [5.41, 5.74) is -0.443. The molecule has 1 atom stereocenters. The fraction of sp³-hybridized carbons (Fsp3) is 0.318. The van der Waals surface area contributed by atoms with Gasteiger partial charge >= 0.3 is 6.18 Å². The standard InChI is InChI=1S/C22H21F3N6O3S/c1-2-15(16-4-3-5-20(29-16)31-35(33,34)14-7-8-14)21(32)30-19-9-6-13(10-27-19)17-11-26-12-18(28-17)22(23,24)25/h3-6,9-12,14-15H,2,7-8H2,1H3,(H,29,31)(H,27,30,32). The quantitative estimate of drug-likeness (QED) is 0.473. The van der Waals surface area contributed by atoms with Crippen molar-refractivity contribution in [3.63, 3.8) is 0 Å². The maximum Gasteiger partial charge on any atom is 0.434 e. The van der Waals surface area contributed by atoms with Crippen LogP contribution in [0.4, 0.5) is 24.8 Å². The molecule has 35 heavy (non-hydrogen) atoms. The van der Waals surface area contributed by atoms with Gasteiger partial charge in [0, 0.05) is 11.8 Å². The molecule has 0 saturated heterocycles. The highest BCUT2D eigenvalue weighted by molar-refractivity contribution is 7.93. The Morgan fingerprint density at radius 3 is 2.49 bits per heavy atom. The van der Waals surface area contributed by atoms with E-state index in [1.165, 1.54) is 30.6 Å². The summed E-state index contributed by atoms with van der Waals surface area (Å²) in [4.78, 5) is 28.4. The maximum atomic E-state index is 12.9. The number of rotatable bonds is 8. The minimum Gasteiger partial charge on any atom is -0.310 e. The average molecular weight is 507 g/mol. The molecule has 0 aliphatic heterocycles. The van der Waals surface area contributed by atoms with Crippen LogP contribution in [0.3, 0.4) is 0 Å². The Labute approximate surface area is 199 Å². The topological polar surface area (TPSA) is 127 Å². The summed E-state index contributed by atoms with van der Waals surface area (Å²) in [6.07, 6.45) is 0.0939. The van der Waals surface area contributed by atoms with Crippen LogP contribution >= 0.6 is 0 Å². The van der Waals surface area contributed by atoms with Crippen molar-refractivity contribution in [1.29, 1.82) is 0 Å². The molecule has 9 nitrogen and oxygen atoms in total. The molecule has 3 aromatic rings. The lowest BCUT2D eigenvalue weighted by Gasteiger charge is -2.16. The molecule has 1 aliphatic carbocycles. The third-order valence-corrected chi connectivity index (χ3v) is 7.14. The number of carbonyl (C=O) groups excluding carboxylic acids is 1. The lowest BCUT2D eigenvalue weighted by Crippen LogP contribution is -2.23. The predicted molar refractivity (Wildman–Crippen MR) is 122 cm³/mol. The summed E-state index contributed by atoms with van der Waals surface area (Å²) in [7, 11) is -3.49. The Balaban J connectivity index is 1.47. The molecule has 0 bridgehead atoms. The number of amides is 1. The number of anilines is 2. The van der Waals surface area contributed by atoms with E-state index >= 15 is 0 Å². The lowest BCUT2D eigenvalue weighted by atomic mass is 10.0. The third kappa shape index (κ3) is 5.91. The van der Waals surface area contributed by atoms with Crippen LogP contribution in [0.5, 0.6) is 0 Å². The zero-order valence-corrected chi connectivity index (χ0v) is 19.3. The van der Waals surface area contributed by atoms with Gasteiger partial charge in [-0.05, 0) is 43.5 Å². The van der Waals surface area contributed by atoms with E-state index < -0.39 is 39.0 Å². The van der Waals surface area contributed by atoms with Gasteiger partial charge in [-0.3, -0.25) is 14.5 Å². The van der Waals surface area contributed by atoms with E-state index in [1.807, 2.05) is 0 Å². The molecule has 1 amide bonds. The number of nitrogens with one attached hydrogen (secondary N) is 2. The first-order chi connectivity index (χ1) is 16.6. The highest BCUT2D eigenvalue weighted by atomic mass is 32.2. The van der Waals surface area contributed by atoms with Crippen LogP contribution in [-0.4, -0.2) is 39.5 Å². The molecular formula is C22H21F3N6O3S. The number of nitrogens with zero attached hydrogens (tertiary/aromatic N) is 4. The van der Waals surface area contributed by atoms with Gasteiger partial charge in [0.1, 0.15) is 11.6 Å². The molecule has 184 valence electrons. The van der Waals surface area contributed by atoms with Gasteiger partial charge in [-0.2, -0.15) is 13.2 Å². The van der Waals surface area contributed by atoms with Crippen LogP contribution in [0.1, 0.15) is 43.5 Å². The van der Waals surface area contributed by atoms with E-state index in [-0.39, 0.29) is 17.3 Å². The molecule has 0 radical (unpaired) electrons. The van der Waals surface area contributed by atoms with E-state index in [0.717, 1.165) is 0 Å². The number of aromatic nitrogens is 4. The number of sulfonamides is 1. The minimum absolute atomic E-state index is 0.00805. The van der Waals surface area contributed by atoms with Crippen molar-refractivity contribution >= 4 is 27.6 Å². The molecule has 3 heterocycles. The van der Waals surface area contributed by atoms with Gasteiger partial charge in [0.25, 0.3) is 0 Å². The Kier molecular flexibility index (Phi) is 6.70. The van der Waals surface area contributed by atoms with Gasteiger partial charge < -0.3 is 5.32 Å². The first kappa shape index (κ1) is 24.5. The molecule has 1 unspecified atom stereocenters. The van der Waals surface area contributed by atoms with E-state index in [2.05, 4.69) is 30.0 Å². The summed E-state index contributed by atoms with van der Waals surface area (Å²) in [6, 6.07) is 7.68. The molecule has 0 aromatic carbocycles. The number of halogens is 3. The third-order valence-electron chi connectivity index (χ3n) is 5.30. The second-order valence-electron chi connectivity index (χ2n) is 7.96. The molecule has 13 heteroatoms. The number of hydrogen-bond acceptors (Lipinski definition) is 7. The van der Waals surface area contributed by atoms with Crippen molar-refractivity contribution in [2.45, 2.75) is 43.5 Å². The SMILES string of the molecule is CCC(C(=O)Nc1ccc(-c2cncc(C(F)(F)F)n2)cn1)c1cccc(NS(=O)(=O)C2CC2)n1. The largest absolute Gasteiger partial charge is 0.434 e. The van der Waals surface area contributed by atoms with E-state index in [1.54, 1.807) is 19.1 Å². The van der Waals surface area contributed by atoms with Gasteiger partial charge in [0.15, 0.2) is 5.69 Å². The number of carbonyl (C=O) groups is 1. The van der Waals surface area contributed by atoms with Crippen molar-refractivity contribution in [3.05, 3.63) is 60.3 Å². The minimum atomic E-state index is -4.62. The fourth-order valence-corrected chi connectivity index (χ4v) is 4.64.